The number of aryl methyl sites for hydroxylation is 1. The molecule has 0 radical (unpaired) electrons. The highest BCUT2D eigenvalue weighted by molar-refractivity contribution is 6.02. The number of piperidine rings is 1. The third-order valence-electron chi connectivity index (χ3n) is 5.83. The fourth-order valence-corrected chi connectivity index (χ4v) is 4.22. The van der Waals surface area contributed by atoms with E-state index in [1.165, 1.54) is 11.8 Å². The quantitative estimate of drug-likeness (QED) is 0.586. The molecular weight excluding hydrogens is 356 g/mol. The van der Waals surface area contributed by atoms with E-state index in [9.17, 15) is 4.79 Å². The predicted octanol–water partition coefficient (Wildman–Crippen LogP) is 2.00. The molecule has 0 saturated carbocycles. The van der Waals surface area contributed by atoms with E-state index in [0.717, 1.165) is 29.4 Å². The lowest BCUT2D eigenvalue weighted by Gasteiger charge is -2.38. The largest absolute Gasteiger partial charge is 0.346 e. The minimum absolute atomic E-state index is 0.150. The molecule has 0 spiro atoms. The maximum atomic E-state index is 12.8. The number of carbonyl (C=O) groups is 1. The number of nitrogens with one attached hydrogen (secondary N) is 1. The summed E-state index contributed by atoms with van der Waals surface area (Å²) in [5, 5.41) is 13.3. The number of amides is 1. The highest BCUT2D eigenvalue weighted by Crippen LogP contribution is 2.33. The van der Waals surface area contributed by atoms with Crippen molar-refractivity contribution in [1.82, 2.24) is 39.6 Å². The van der Waals surface area contributed by atoms with Crippen molar-refractivity contribution in [3.63, 3.8) is 0 Å². The molecule has 1 amide bonds. The topological polar surface area (TPSA) is 97.5 Å². The van der Waals surface area contributed by atoms with Gasteiger partial charge in [0.25, 0.3) is 0 Å². The van der Waals surface area contributed by atoms with E-state index in [4.69, 9.17) is 0 Å². The Morgan fingerprint density at radius 3 is 3.14 bits per heavy atom. The van der Waals surface area contributed by atoms with Crippen LogP contribution in [0.5, 0.6) is 0 Å². The molecule has 4 aromatic heterocycles. The number of hydrogen-bond acceptors (Lipinski definition) is 5. The number of likely N-dealkylation sites (tertiary alicyclic amines) is 1. The number of nitrogens with zero attached hydrogens (tertiary/aromatic N) is 7. The number of aromatic nitrogens is 7. The summed E-state index contributed by atoms with van der Waals surface area (Å²) in [5.74, 6) is 0.638. The van der Waals surface area contributed by atoms with Crippen LogP contribution in [-0.4, -0.2) is 58.6 Å². The number of carbonyl (C=O) groups excluding carboxylic acids is 1. The monoisotopic (exact) mass is 378 g/mol. The molecule has 1 saturated heterocycles. The number of hydrogen-bond donors (Lipinski definition) is 1. The average Bonchev–Trinajstić information content (AvgIpc) is 3.45. The maximum Gasteiger partial charge on any atom is 0.224 e. The second-order valence-corrected chi connectivity index (χ2v) is 7.52. The molecule has 1 N–H and O–H groups in total. The van der Waals surface area contributed by atoms with E-state index < -0.39 is 0 Å². The molecule has 4 aromatic rings. The Kier molecular flexibility index (Phi) is 4.07. The van der Waals surface area contributed by atoms with Crippen LogP contribution in [0.4, 0.5) is 0 Å². The van der Waals surface area contributed by atoms with Crippen LogP contribution < -0.4 is 0 Å². The van der Waals surface area contributed by atoms with Gasteiger partial charge in [-0.3, -0.25) is 4.79 Å². The smallest absolute Gasteiger partial charge is 0.224 e. The summed E-state index contributed by atoms with van der Waals surface area (Å²) in [7, 11) is 0. The molecule has 0 unspecified atom stereocenters. The van der Waals surface area contributed by atoms with E-state index >= 15 is 0 Å². The van der Waals surface area contributed by atoms with Gasteiger partial charge >= 0.3 is 0 Å². The Hall–Kier alpha value is -3.23. The predicted molar refractivity (Wildman–Crippen MR) is 103 cm³/mol. The van der Waals surface area contributed by atoms with Gasteiger partial charge in [0.2, 0.25) is 5.91 Å². The minimum Gasteiger partial charge on any atom is -0.346 e. The molecule has 1 fully saturated rings. The first-order valence-corrected chi connectivity index (χ1v) is 9.62. The standard InChI is InChI=1S/C19H22N8O/c1-13-3-7-25(17(28)5-8-26-12-22-23-24-26)11-16(13)27-9-4-14-10-21-19-15(18(14)27)2-6-20-19/h2,4,6,9-10,12-13,16H,3,5,7-8,11H2,1H3,(H,20,21)/t13-,16+/m1/s1. The number of fused-ring (bicyclic) bond motifs is 3. The fourth-order valence-electron chi connectivity index (χ4n) is 4.22. The van der Waals surface area contributed by atoms with Crippen molar-refractivity contribution in [2.24, 2.45) is 5.92 Å². The summed E-state index contributed by atoms with van der Waals surface area (Å²) in [4.78, 5) is 22.4. The number of pyridine rings is 1. The zero-order chi connectivity index (χ0) is 19.1. The molecule has 5 rings (SSSR count). The molecule has 9 heteroatoms. The Morgan fingerprint density at radius 2 is 2.29 bits per heavy atom. The van der Waals surface area contributed by atoms with Crippen molar-refractivity contribution in [3.8, 4) is 0 Å². The van der Waals surface area contributed by atoms with Crippen LogP contribution in [0, 0.1) is 5.92 Å². The van der Waals surface area contributed by atoms with E-state index in [1.54, 1.807) is 4.68 Å². The van der Waals surface area contributed by atoms with Gasteiger partial charge in [0.1, 0.15) is 12.0 Å². The fraction of sp³-hybridized carbons (Fsp3) is 0.421. The molecule has 5 heterocycles. The second-order valence-electron chi connectivity index (χ2n) is 7.52. The van der Waals surface area contributed by atoms with Crippen LogP contribution in [0.15, 0.2) is 37.1 Å². The van der Waals surface area contributed by atoms with E-state index in [2.05, 4.69) is 55.3 Å². The number of H-pyrrole nitrogens is 1. The van der Waals surface area contributed by atoms with Gasteiger partial charge in [0.15, 0.2) is 0 Å². The van der Waals surface area contributed by atoms with Gasteiger partial charge in [-0.15, -0.1) is 5.10 Å². The molecule has 2 atom stereocenters. The first kappa shape index (κ1) is 16.9. The Balaban J connectivity index is 1.41. The first-order valence-electron chi connectivity index (χ1n) is 9.62. The zero-order valence-electron chi connectivity index (χ0n) is 15.7. The van der Waals surface area contributed by atoms with Gasteiger partial charge in [-0.2, -0.15) is 0 Å². The first-order chi connectivity index (χ1) is 13.7. The van der Waals surface area contributed by atoms with Crippen LogP contribution in [0.2, 0.25) is 0 Å². The highest BCUT2D eigenvalue weighted by atomic mass is 16.2. The van der Waals surface area contributed by atoms with Crippen LogP contribution >= 0.6 is 0 Å². The Bertz CT molecular complexity index is 1110. The summed E-state index contributed by atoms with van der Waals surface area (Å²) in [5.41, 5.74) is 2.08. The molecule has 28 heavy (non-hydrogen) atoms. The van der Waals surface area contributed by atoms with Crippen molar-refractivity contribution in [1.29, 1.82) is 0 Å². The normalized spacial score (nSPS) is 20.2. The lowest BCUT2D eigenvalue weighted by molar-refractivity contribution is -0.133. The van der Waals surface area contributed by atoms with Crippen LogP contribution in [0.3, 0.4) is 0 Å². The Labute approximate surface area is 161 Å². The summed E-state index contributed by atoms with van der Waals surface area (Å²) in [6.07, 6.45) is 8.90. The average molecular weight is 378 g/mol. The maximum absolute atomic E-state index is 12.8. The highest BCUT2D eigenvalue weighted by Gasteiger charge is 2.30. The van der Waals surface area contributed by atoms with Crippen molar-refractivity contribution < 1.29 is 4.79 Å². The summed E-state index contributed by atoms with van der Waals surface area (Å²) < 4.78 is 3.93. The zero-order valence-corrected chi connectivity index (χ0v) is 15.7. The molecule has 9 nitrogen and oxygen atoms in total. The molecule has 0 aliphatic carbocycles. The van der Waals surface area contributed by atoms with Gasteiger partial charge in [-0.1, -0.05) is 6.92 Å². The number of tetrazole rings is 1. The molecular formula is C19H22N8O. The Morgan fingerprint density at radius 1 is 1.36 bits per heavy atom. The SMILES string of the molecule is C[C@@H]1CCN(C(=O)CCn2cnnn2)C[C@@H]1n1ccc2cnc3[nH]ccc3c21. The summed E-state index contributed by atoms with van der Waals surface area (Å²) >= 11 is 0. The van der Waals surface area contributed by atoms with Crippen molar-refractivity contribution >= 4 is 27.8 Å². The van der Waals surface area contributed by atoms with Crippen molar-refractivity contribution in [2.45, 2.75) is 32.4 Å². The van der Waals surface area contributed by atoms with Gasteiger partial charge in [0.05, 0.1) is 18.1 Å². The number of aromatic amines is 1. The second kappa shape index (κ2) is 6.74. The molecule has 144 valence electrons. The van der Waals surface area contributed by atoms with Gasteiger partial charge in [-0.25, -0.2) is 9.67 Å². The minimum atomic E-state index is 0.150. The van der Waals surface area contributed by atoms with Gasteiger partial charge < -0.3 is 14.5 Å². The molecule has 1 aliphatic heterocycles. The molecule has 0 aromatic carbocycles. The van der Waals surface area contributed by atoms with E-state index in [1.807, 2.05) is 17.3 Å². The molecule has 0 bridgehead atoms. The third-order valence-corrected chi connectivity index (χ3v) is 5.83. The third kappa shape index (κ3) is 2.83. The lowest BCUT2D eigenvalue weighted by atomic mass is 9.92. The number of rotatable bonds is 4. The summed E-state index contributed by atoms with van der Waals surface area (Å²) in [6, 6.07) is 4.42. The van der Waals surface area contributed by atoms with Crippen molar-refractivity contribution in [2.75, 3.05) is 13.1 Å². The van der Waals surface area contributed by atoms with E-state index in [0.29, 0.717) is 25.4 Å². The lowest BCUT2D eigenvalue weighted by Crippen LogP contribution is -2.44. The van der Waals surface area contributed by atoms with Gasteiger partial charge in [0, 0.05) is 48.9 Å². The van der Waals surface area contributed by atoms with Crippen molar-refractivity contribution in [3.05, 3.63) is 37.1 Å². The van der Waals surface area contributed by atoms with Crippen LogP contribution in [-0.2, 0) is 11.3 Å². The van der Waals surface area contributed by atoms with Gasteiger partial charge in [-0.05, 0) is 34.9 Å². The summed E-state index contributed by atoms with van der Waals surface area (Å²) in [6.45, 7) is 4.29. The van der Waals surface area contributed by atoms with Crippen LogP contribution in [0.25, 0.3) is 21.9 Å². The van der Waals surface area contributed by atoms with E-state index in [-0.39, 0.29) is 11.9 Å². The molecule has 1 aliphatic rings. The van der Waals surface area contributed by atoms with Crippen LogP contribution in [0.1, 0.15) is 25.8 Å².